The highest BCUT2D eigenvalue weighted by molar-refractivity contribution is 6.10. The van der Waals surface area contributed by atoms with Crippen LogP contribution in [0, 0.1) is 0 Å². The first kappa shape index (κ1) is 31.3. The van der Waals surface area contributed by atoms with Crippen molar-refractivity contribution >= 4 is 40.6 Å². The van der Waals surface area contributed by atoms with Crippen LogP contribution in [-0.4, -0.2) is 78.2 Å². The average molecular weight is 635 g/mol. The smallest absolute Gasteiger partial charge is 0.490 e. The topological polar surface area (TPSA) is 117 Å². The molecule has 1 aromatic heterocycles. The van der Waals surface area contributed by atoms with Gasteiger partial charge in [0.25, 0.3) is 0 Å². The van der Waals surface area contributed by atoms with E-state index in [9.17, 15) is 18.0 Å². The van der Waals surface area contributed by atoms with Gasteiger partial charge in [-0.25, -0.2) is 4.79 Å². The third-order valence-corrected chi connectivity index (χ3v) is 8.82. The first-order chi connectivity index (χ1) is 22.1. The van der Waals surface area contributed by atoms with Crippen LogP contribution in [-0.2, 0) is 26.2 Å². The van der Waals surface area contributed by atoms with Crippen LogP contribution < -0.4 is 10.1 Å². The van der Waals surface area contributed by atoms with Crippen molar-refractivity contribution in [2.24, 2.45) is 0 Å². The van der Waals surface area contributed by atoms with Crippen molar-refractivity contribution in [3.8, 4) is 5.75 Å². The van der Waals surface area contributed by atoms with Crippen molar-refractivity contribution in [2.45, 2.75) is 30.4 Å². The fourth-order valence-corrected chi connectivity index (χ4v) is 6.18. The third kappa shape index (κ3) is 6.35. The molecule has 12 heteroatoms. The number of methoxy groups -OCH3 is 1. The predicted molar refractivity (Wildman–Crippen MR) is 167 cm³/mol. The molecule has 1 saturated heterocycles. The van der Waals surface area contributed by atoms with E-state index in [1.807, 2.05) is 18.2 Å². The average Bonchev–Trinajstić information content (AvgIpc) is 3.60. The second-order valence-corrected chi connectivity index (χ2v) is 11.6. The first-order valence-electron chi connectivity index (χ1n) is 14.9. The van der Waals surface area contributed by atoms with E-state index >= 15 is 0 Å². The largest absolute Gasteiger partial charge is 0.497 e. The zero-order valence-corrected chi connectivity index (χ0v) is 25.1. The molecule has 240 valence electrons. The summed E-state index contributed by atoms with van der Waals surface area (Å²) in [6, 6.07) is 21.0. The highest BCUT2D eigenvalue weighted by Gasteiger charge is 2.65. The second kappa shape index (κ2) is 12.6. The number of ether oxygens (including phenoxy) is 2. The zero-order chi connectivity index (χ0) is 32.5. The van der Waals surface area contributed by atoms with Gasteiger partial charge in [-0.2, -0.15) is 18.3 Å². The number of fused-ring (bicyclic) bond motifs is 3. The van der Waals surface area contributed by atoms with Gasteiger partial charge in [0.15, 0.2) is 0 Å². The number of carbonyl (C=O) groups is 2. The number of rotatable bonds is 7. The molecule has 0 radical (unpaired) electrons. The number of benzene rings is 3. The van der Waals surface area contributed by atoms with E-state index in [-0.39, 0.29) is 11.8 Å². The number of halogens is 3. The summed E-state index contributed by atoms with van der Waals surface area (Å²) in [5, 5.41) is 19.0. The Morgan fingerprint density at radius 1 is 1.11 bits per heavy atom. The Morgan fingerprint density at radius 3 is 2.54 bits per heavy atom. The number of aromatic nitrogens is 2. The van der Waals surface area contributed by atoms with Crippen LogP contribution in [0.1, 0.15) is 40.3 Å². The lowest BCUT2D eigenvalue weighted by atomic mass is 9.91. The molecule has 1 aliphatic carbocycles. The maximum atomic E-state index is 13.0. The molecule has 3 aliphatic rings. The van der Waals surface area contributed by atoms with Gasteiger partial charge in [0.05, 0.1) is 36.9 Å². The van der Waals surface area contributed by atoms with Gasteiger partial charge >= 0.3 is 12.1 Å². The summed E-state index contributed by atoms with van der Waals surface area (Å²) in [7, 11) is 1.66. The van der Waals surface area contributed by atoms with Gasteiger partial charge in [-0.05, 0) is 65.4 Å². The van der Waals surface area contributed by atoms with E-state index in [1.54, 1.807) is 7.11 Å². The number of alkyl halides is 3. The van der Waals surface area contributed by atoms with Crippen molar-refractivity contribution in [1.29, 1.82) is 0 Å². The van der Waals surface area contributed by atoms with E-state index in [1.165, 1.54) is 5.56 Å². The van der Waals surface area contributed by atoms with E-state index in [4.69, 9.17) is 19.4 Å². The number of nitrogens with zero attached hydrogens (tertiary/aromatic N) is 2. The number of morpholine rings is 1. The number of aliphatic carboxylic acids is 1. The van der Waals surface area contributed by atoms with E-state index in [0.717, 1.165) is 90.4 Å². The summed E-state index contributed by atoms with van der Waals surface area (Å²) in [5.41, 5.74) is 6.98. The summed E-state index contributed by atoms with van der Waals surface area (Å²) in [6.07, 6.45) is 0.943. The van der Waals surface area contributed by atoms with Crippen LogP contribution >= 0.6 is 0 Å². The molecule has 4 aromatic rings. The standard InChI is InChI=1S/C32H32N4O3.C2HF3O2/c1-38-24-8-11-29-26(19-24)32(31(37)33-29)20-27(32)23-7-9-25-28(34-35-30(25)18-23)10-6-21-2-4-22(5-3-21)12-13-36-14-16-39-17-15-36;3-2(4,5)1(6)7/h2-11,18-19,27H,12-17,20H2,1H3,(H,33,37)(H,34,35);(H,6,7)/t27-,32-;/m0./s1. The number of carboxylic acid groups (broad SMARTS) is 1. The molecule has 0 bridgehead atoms. The molecule has 0 unspecified atom stereocenters. The maximum Gasteiger partial charge on any atom is 0.490 e. The van der Waals surface area contributed by atoms with Gasteiger partial charge in [-0.1, -0.05) is 42.5 Å². The molecule has 9 nitrogen and oxygen atoms in total. The van der Waals surface area contributed by atoms with Crippen molar-refractivity contribution in [2.75, 3.05) is 45.3 Å². The van der Waals surface area contributed by atoms with Crippen LogP contribution in [0.2, 0.25) is 0 Å². The Bertz CT molecular complexity index is 1780. The highest BCUT2D eigenvalue weighted by Crippen LogP contribution is 2.65. The van der Waals surface area contributed by atoms with Gasteiger partial charge in [0, 0.05) is 36.6 Å². The monoisotopic (exact) mass is 634 g/mol. The van der Waals surface area contributed by atoms with Gasteiger partial charge in [-0.15, -0.1) is 0 Å². The fourth-order valence-electron chi connectivity index (χ4n) is 6.18. The maximum absolute atomic E-state index is 13.0. The Hall–Kier alpha value is -4.68. The molecule has 2 aliphatic heterocycles. The van der Waals surface area contributed by atoms with Gasteiger partial charge in [0.2, 0.25) is 5.91 Å². The number of carbonyl (C=O) groups excluding carboxylic acids is 1. The molecule has 1 spiro atoms. The summed E-state index contributed by atoms with van der Waals surface area (Å²) in [6.45, 7) is 4.82. The first-order valence-corrected chi connectivity index (χ1v) is 14.9. The number of aromatic amines is 1. The molecule has 1 amide bonds. The number of nitrogens with one attached hydrogen (secondary N) is 2. The number of anilines is 1. The van der Waals surface area contributed by atoms with Crippen LogP contribution in [0.4, 0.5) is 18.9 Å². The van der Waals surface area contributed by atoms with E-state index < -0.39 is 17.6 Å². The van der Waals surface area contributed by atoms with E-state index in [0.29, 0.717) is 0 Å². The number of carboxylic acids is 1. The SMILES string of the molecule is COc1ccc2c(c1)[C@]1(C[C@H]1c1ccc3c(C=Cc4ccc(CCN5CCOCC5)cc4)n[nH]c3c1)C(=O)N2.O=C(O)C(F)(F)F. The Kier molecular flexibility index (Phi) is 8.58. The number of H-pyrrole nitrogens is 1. The van der Waals surface area contributed by atoms with Crippen LogP contribution in [0.3, 0.4) is 0 Å². The normalized spacial score (nSPS) is 20.8. The lowest BCUT2D eigenvalue weighted by molar-refractivity contribution is -0.192. The molecular weight excluding hydrogens is 601 g/mol. The summed E-state index contributed by atoms with van der Waals surface area (Å²) in [5.74, 6) is -1.76. The summed E-state index contributed by atoms with van der Waals surface area (Å²) < 4.78 is 42.6. The Labute approximate surface area is 263 Å². The summed E-state index contributed by atoms with van der Waals surface area (Å²) in [4.78, 5) is 24.4. The molecule has 2 fully saturated rings. The molecule has 3 aromatic carbocycles. The Morgan fingerprint density at radius 2 is 1.85 bits per heavy atom. The second-order valence-electron chi connectivity index (χ2n) is 11.6. The zero-order valence-electron chi connectivity index (χ0n) is 25.1. The van der Waals surface area contributed by atoms with Gasteiger partial charge < -0.3 is 19.9 Å². The van der Waals surface area contributed by atoms with Crippen molar-refractivity contribution in [3.05, 3.63) is 88.6 Å². The quantitative estimate of drug-likeness (QED) is 0.241. The third-order valence-electron chi connectivity index (χ3n) is 8.82. The van der Waals surface area contributed by atoms with Crippen molar-refractivity contribution in [1.82, 2.24) is 15.1 Å². The minimum absolute atomic E-state index is 0.0798. The molecule has 3 N–H and O–H groups in total. The van der Waals surface area contributed by atoms with Crippen molar-refractivity contribution in [3.63, 3.8) is 0 Å². The number of amides is 1. The minimum atomic E-state index is -5.08. The van der Waals surface area contributed by atoms with Crippen molar-refractivity contribution < 1.29 is 37.3 Å². The number of hydrogen-bond acceptors (Lipinski definition) is 6. The minimum Gasteiger partial charge on any atom is -0.497 e. The molecule has 1 saturated carbocycles. The fraction of sp³-hybridized carbons (Fsp3) is 0.324. The molecular formula is C34H33F3N4O5. The lowest BCUT2D eigenvalue weighted by Crippen LogP contribution is -2.37. The van der Waals surface area contributed by atoms with Gasteiger partial charge in [0.1, 0.15) is 5.75 Å². The molecule has 2 atom stereocenters. The van der Waals surface area contributed by atoms with Gasteiger partial charge in [-0.3, -0.25) is 14.8 Å². The highest BCUT2D eigenvalue weighted by atomic mass is 19.4. The van der Waals surface area contributed by atoms with Crippen LogP contribution in [0.15, 0.2) is 60.7 Å². The summed E-state index contributed by atoms with van der Waals surface area (Å²) >= 11 is 0. The molecule has 46 heavy (non-hydrogen) atoms. The predicted octanol–water partition coefficient (Wildman–Crippen LogP) is 5.63. The number of hydrogen-bond donors (Lipinski definition) is 3. The molecule has 3 heterocycles. The molecule has 7 rings (SSSR count). The Balaban J connectivity index is 0.000000480. The van der Waals surface area contributed by atoms with Crippen LogP contribution in [0.25, 0.3) is 23.1 Å². The van der Waals surface area contributed by atoms with Crippen LogP contribution in [0.5, 0.6) is 5.75 Å². The van der Waals surface area contributed by atoms with E-state index in [2.05, 4.69) is 75.0 Å². The lowest BCUT2D eigenvalue weighted by Gasteiger charge is -2.26.